The standard InChI is InChI=1S/C15H21N/c1-12-4-6-13(7-5-12)15(16)10-14(11-15)8-2-3-9-14/h4-7H,2-3,8-11,16H2,1H3. The van der Waals surface area contributed by atoms with Gasteiger partial charge >= 0.3 is 0 Å². The molecular formula is C15H21N. The molecule has 0 atom stereocenters. The zero-order valence-corrected chi connectivity index (χ0v) is 10.1. The lowest BCUT2D eigenvalue weighted by Gasteiger charge is -2.53. The largest absolute Gasteiger partial charge is 0.321 e. The summed E-state index contributed by atoms with van der Waals surface area (Å²) in [5.41, 5.74) is 9.80. The molecule has 1 spiro atoms. The van der Waals surface area contributed by atoms with Gasteiger partial charge in [-0.3, -0.25) is 0 Å². The Kier molecular flexibility index (Phi) is 2.16. The molecule has 1 nitrogen and oxygen atoms in total. The van der Waals surface area contributed by atoms with Crippen LogP contribution in [0.25, 0.3) is 0 Å². The highest BCUT2D eigenvalue weighted by Crippen LogP contribution is 2.60. The molecule has 0 bridgehead atoms. The molecule has 2 fully saturated rings. The molecule has 0 aliphatic heterocycles. The third-order valence-electron chi connectivity index (χ3n) is 4.67. The molecule has 16 heavy (non-hydrogen) atoms. The Balaban J connectivity index is 1.79. The Hall–Kier alpha value is -0.820. The van der Waals surface area contributed by atoms with Crippen molar-refractivity contribution in [1.82, 2.24) is 0 Å². The Morgan fingerprint density at radius 1 is 1.00 bits per heavy atom. The molecule has 0 aromatic heterocycles. The van der Waals surface area contributed by atoms with E-state index in [4.69, 9.17) is 5.73 Å². The minimum Gasteiger partial charge on any atom is -0.321 e. The highest BCUT2D eigenvalue weighted by atomic mass is 14.8. The fourth-order valence-electron chi connectivity index (χ4n) is 3.85. The van der Waals surface area contributed by atoms with Gasteiger partial charge in [-0.25, -0.2) is 0 Å². The predicted octanol–water partition coefficient (Wildman–Crippen LogP) is 3.50. The van der Waals surface area contributed by atoms with Gasteiger partial charge in [-0.2, -0.15) is 0 Å². The highest BCUT2D eigenvalue weighted by Gasteiger charge is 2.53. The lowest BCUT2D eigenvalue weighted by Crippen LogP contribution is -2.54. The maximum atomic E-state index is 6.53. The van der Waals surface area contributed by atoms with Gasteiger partial charge in [0.05, 0.1) is 0 Å². The third kappa shape index (κ3) is 1.49. The van der Waals surface area contributed by atoms with E-state index in [2.05, 4.69) is 31.2 Å². The van der Waals surface area contributed by atoms with Crippen LogP contribution in [0.4, 0.5) is 0 Å². The SMILES string of the molecule is Cc1ccc(C2(N)CC3(CCCC3)C2)cc1. The first kappa shape index (κ1) is 10.3. The number of nitrogens with two attached hydrogens (primary N) is 1. The van der Waals surface area contributed by atoms with Crippen molar-refractivity contribution in [2.24, 2.45) is 11.1 Å². The number of aryl methyl sites for hydroxylation is 1. The summed E-state index contributed by atoms with van der Waals surface area (Å²) in [6.45, 7) is 2.13. The lowest BCUT2D eigenvalue weighted by atomic mass is 9.54. The normalized spacial score (nSPS) is 25.6. The topological polar surface area (TPSA) is 26.0 Å². The number of hydrogen-bond acceptors (Lipinski definition) is 1. The van der Waals surface area contributed by atoms with E-state index >= 15 is 0 Å². The number of rotatable bonds is 1. The smallest absolute Gasteiger partial charge is 0.0420 e. The molecule has 1 heteroatoms. The monoisotopic (exact) mass is 215 g/mol. The van der Waals surface area contributed by atoms with Crippen LogP contribution < -0.4 is 5.73 Å². The van der Waals surface area contributed by atoms with Crippen LogP contribution in [0.2, 0.25) is 0 Å². The Morgan fingerprint density at radius 2 is 1.56 bits per heavy atom. The van der Waals surface area contributed by atoms with Crippen LogP contribution in [0, 0.1) is 12.3 Å². The summed E-state index contributed by atoms with van der Waals surface area (Å²) in [7, 11) is 0. The maximum Gasteiger partial charge on any atom is 0.0420 e. The molecule has 1 aromatic carbocycles. The fraction of sp³-hybridized carbons (Fsp3) is 0.600. The van der Waals surface area contributed by atoms with Gasteiger partial charge in [0.25, 0.3) is 0 Å². The average molecular weight is 215 g/mol. The molecule has 2 aliphatic carbocycles. The van der Waals surface area contributed by atoms with E-state index in [1.165, 1.54) is 49.7 Å². The Morgan fingerprint density at radius 3 is 2.12 bits per heavy atom. The Labute approximate surface area is 98.0 Å². The van der Waals surface area contributed by atoms with Crippen molar-refractivity contribution in [3.8, 4) is 0 Å². The molecule has 0 amide bonds. The zero-order valence-electron chi connectivity index (χ0n) is 10.1. The van der Waals surface area contributed by atoms with Crippen LogP contribution in [-0.2, 0) is 5.54 Å². The fourth-order valence-corrected chi connectivity index (χ4v) is 3.85. The molecule has 0 heterocycles. The van der Waals surface area contributed by atoms with E-state index in [9.17, 15) is 0 Å². The van der Waals surface area contributed by atoms with Gasteiger partial charge in [0.2, 0.25) is 0 Å². The first-order chi connectivity index (χ1) is 7.62. The summed E-state index contributed by atoms with van der Waals surface area (Å²) in [5.74, 6) is 0. The van der Waals surface area contributed by atoms with E-state index in [1.54, 1.807) is 0 Å². The van der Waals surface area contributed by atoms with Crippen LogP contribution in [-0.4, -0.2) is 0 Å². The summed E-state index contributed by atoms with van der Waals surface area (Å²) in [6.07, 6.45) is 8.09. The van der Waals surface area contributed by atoms with Crippen molar-refractivity contribution in [3.05, 3.63) is 35.4 Å². The van der Waals surface area contributed by atoms with Gasteiger partial charge in [-0.15, -0.1) is 0 Å². The van der Waals surface area contributed by atoms with Gasteiger partial charge in [0.15, 0.2) is 0 Å². The van der Waals surface area contributed by atoms with Crippen molar-refractivity contribution >= 4 is 0 Å². The second-order valence-corrected chi connectivity index (χ2v) is 6.08. The first-order valence-electron chi connectivity index (χ1n) is 6.48. The number of benzene rings is 1. The molecule has 2 aliphatic rings. The first-order valence-corrected chi connectivity index (χ1v) is 6.48. The molecule has 1 aromatic rings. The summed E-state index contributed by atoms with van der Waals surface area (Å²) >= 11 is 0. The summed E-state index contributed by atoms with van der Waals surface area (Å²) < 4.78 is 0. The van der Waals surface area contributed by atoms with Gasteiger partial charge < -0.3 is 5.73 Å². The van der Waals surface area contributed by atoms with Gasteiger partial charge in [-0.05, 0) is 43.6 Å². The Bertz CT molecular complexity index is 376. The van der Waals surface area contributed by atoms with Crippen LogP contribution in [0.5, 0.6) is 0 Å². The summed E-state index contributed by atoms with van der Waals surface area (Å²) in [5, 5.41) is 0. The maximum absolute atomic E-state index is 6.53. The van der Waals surface area contributed by atoms with Crippen molar-refractivity contribution < 1.29 is 0 Å². The van der Waals surface area contributed by atoms with Crippen molar-refractivity contribution in [2.45, 2.75) is 51.0 Å². The minimum atomic E-state index is -0.0158. The van der Waals surface area contributed by atoms with Gasteiger partial charge in [0, 0.05) is 5.54 Å². The van der Waals surface area contributed by atoms with E-state index in [0.29, 0.717) is 5.41 Å². The van der Waals surface area contributed by atoms with Crippen LogP contribution in [0.15, 0.2) is 24.3 Å². The predicted molar refractivity (Wildman–Crippen MR) is 67.2 cm³/mol. The van der Waals surface area contributed by atoms with Crippen LogP contribution in [0.3, 0.4) is 0 Å². The van der Waals surface area contributed by atoms with Crippen molar-refractivity contribution in [2.75, 3.05) is 0 Å². The molecule has 86 valence electrons. The molecule has 0 unspecified atom stereocenters. The van der Waals surface area contributed by atoms with Crippen molar-refractivity contribution in [1.29, 1.82) is 0 Å². The highest BCUT2D eigenvalue weighted by molar-refractivity contribution is 5.31. The quantitative estimate of drug-likeness (QED) is 0.762. The van der Waals surface area contributed by atoms with E-state index in [0.717, 1.165) is 0 Å². The van der Waals surface area contributed by atoms with Crippen LogP contribution in [0.1, 0.15) is 49.7 Å². The lowest BCUT2D eigenvalue weighted by molar-refractivity contribution is 0.0312. The second-order valence-electron chi connectivity index (χ2n) is 6.08. The molecule has 2 N–H and O–H groups in total. The molecule has 0 saturated heterocycles. The average Bonchev–Trinajstić information content (AvgIpc) is 2.66. The zero-order chi connectivity index (χ0) is 11.2. The number of hydrogen-bond donors (Lipinski definition) is 1. The van der Waals surface area contributed by atoms with E-state index < -0.39 is 0 Å². The summed E-state index contributed by atoms with van der Waals surface area (Å²) in [4.78, 5) is 0. The third-order valence-corrected chi connectivity index (χ3v) is 4.67. The molecule has 0 radical (unpaired) electrons. The summed E-state index contributed by atoms with van der Waals surface area (Å²) in [6, 6.07) is 8.81. The van der Waals surface area contributed by atoms with Crippen molar-refractivity contribution in [3.63, 3.8) is 0 Å². The van der Waals surface area contributed by atoms with Crippen LogP contribution >= 0.6 is 0 Å². The second kappa shape index (κ2) is 3.33. The van der Waals surface area contributed by atoms with Gasteiger partial charge in [0.1, 0.15) is 0 Å². The van der Waals surface area contributed by atoms with Gasteiger partial charge in [-0.1, -0.05) is 42.7 Å². The minimum absolute atomic E-state index is 0.0158. The molecule has 2 saturated carbocycles. The molecular weight excluding hydrogens is 194 g/mol. The molecule has 3 rings (SSSR count). The van der Waals surface area contributed by atoms with E-state index in [1.807, 2.05) is 0 Å². The van der Waals surface area contributed by atoms with E-state index in [-0.39, 0.29) is 5.54 Å².